The normalized spacial score (nSPS) is 15.4. The maximum atomic E-state index is 12.4. The summed E-state index contributed by atoms with van der Waals surface area (Å²) < 4.78 is 40.9. The minimum Gasteiger partial charge on any atom is -0.404 e. The molecule has 1 saturated heterocycles. The molecule has 1 aliphatic rings. The van der Waals surface area contributed by atoms with Crippen LogP contribution in [0.4, 0.5) is 18.9 Å². The predicted octanol–water partition coefficient (Wildman–Crippen LogP) is 4.49. The van der Waals surface area contributed by atoms with Crippen molar-refractivity contribution in [2.75, 3.05) is 4.90 Å². The molecule has 0 unspecified atom stereocenters. The van der Waals surface area contributed by atoms with E-state index >= 15 is 0 Å². The summed E-state index contributed by atoms with van der Waals surface area (Å²) in [6.45, 7) is 3.32. The second kappa shape index (κ2) is 6.05. The molecule has 23 heavy (non-hydrogen) atoms. The van der Waals surface area contributed by atoms with Gasteiger partial charge in [0.1, 0.15) is 5.75 Å². The lowest BCUT2D eigenvalue weighted by Gasteiger charge is -2.18. The average molecular weight is 368 g/mol. The van der Waals surface area contributed by atoms with Gasteiger partial charge >= 0.3 is 6.36 Å². The van der Waals surface area contributed by atoms with E-state index in [4.69, 9.17) is 23.2 Å². The minimum absolute atomic E-state index is 0.138. The molecule has 1 fully saturated rings. The van der Waals surface area contributed by atoms with Crippen LogP contribution < -0.4 is 9.64 Å². The number of amides is 2. The van der Waals surface area contributed by atoms with Gasteiger partial charge in [0, 0.05) is 11.6 Å². The highest BCUT2D eigenvalue weighted by Crippen LogP contribution is 2.40. The number of rotatable bonds is 2. The van der Waals surface area contributed by atoms with Gasteiger partial charge in [-0.3, -0.25) is 9.59 Å². The number of ether oxygens (including phenoxy) is 1. The Labute approximate surface area is 139 Å². The number of benzene rings is 1. The van der Waals surface area contributed by atoms with Gasteiger partial charge in [0.25, 0.3) is 5.91 Å². The number of halogens is 5. The Morgan fingerprint density at radius 2 is 1.78 bits per heavy atom. The summed E-state index contributed by atoms with van der Waals surface area (Å²) in [4.78, 5) is 25.1. The Hall–Kier alpha value is -1.73. The quantitative estimate of drug-likeness (QED) is 0.571. The van der Waals surface area contributed by atoms with E-state index in [0.29, 0.717) is 5.57 Å². The topological polar surface area (TPSA) is 46.6 Å². The average Bonchev–Trinajstić information content (AvgIpc) is 2.67. The van der Waals surface area contributed by atoms with Crippen LogP contribution in [-0.2, 0) is 9.59 Å². The van der Waals surface area contributed by atoms with Crippen LogP contribution in [0.1, 0.15) is 20.3 Å². The molecule has 1 aromatic rings. The Morgan fingerprint density at radius 1 is 1.17 bits per heavy atom. The summed E-state index contributed by atoms with van der Waals surface area (Å²) in [7, 11) is 0. The second-order valence-electron chi connectivity index (χ2n) is 4.97. The Balaban J connectivity index is 2.52. The molecule has 0 spiro atoms. The zero-order valence-corrected chi connectivity index (χ0v) is 13.4. The van der Waals surface area contributed by atoms with E-state index in [2.05, 4.69) is 4.74 Å². The van der Waals surface area contributed by atoms with Crippen molar-refractivity contribution in [2.24, 2.45) is 0 Å². The van der Waals surface area contributed by atoms with Gasteiger partial charge in [0.05, 0.1) is 22.2 Å². The molecule has 0 bridgehead atoms. The summed E-state index contributed by atoms with van der Waals surface area (Å²) >= 11 is 11.6. The van der Waals surface area contributed by atoms with Crippen molar-refractivity contribution < 1.29 is 27.5 Å². The molecule has 0 saturated carbocycles. The molecule has 0 aromatic heterocycles. The van der Waals surface area contributed by atoms with Crippen LogP contribution in [0, 0.1) is 0 Å². The van der Waals surface area contributed by atoms with E-state index in [1.807, 2.05) is 0 Å². The predicted molar refractivity (Wildman–Crippen MR) is 78.6 cm³/mol. The number of anilines is 1. The molecule has 0 atom stereocenters. The molecule has 0 radical (unpaired) electrons. The van der Waals surface area contributed by atoms with Gasteiger partial charge in [-0.25, -0.2) is 4.90 Å². The maximum Gasteiger partial charge on any atom is 0.573 e. The highest BCUT2D eigenvalue weighted by molar-refractivity contribution is 6.39. The summed E-state index contributed by atoms with van der Waals surface area (Å²) in [6, 6.07) is 1.81. The summed E-state index contributed by atoms with van der Waals surface area (Å²) in [5, 5.41) is -0.529. The first-order chi connectivity index (χ1) is 10.5. The van der Waals surface area contributed by atoms with E-state index in [-0.39, 0.29) is 22.7 Å². The molecule has 9 heteroatoms. The molecule has 4 nitrogen and oxygen atoms in total. The van der Waals surface area contributed by atoms with Crippen molar-refractivity contribution in [1.82, 2.24) is 0 Å². The van der Waals surface area contributed by atoms with E-state index in [9.17, 15) is 22.8 Å². The van der Waals surface area contributed by atoms with E-state index in [1.165, 1.54) is 0 Å². The molecule has 0 N–H and O–H groups in total. The van der Waals surface area contributed by atoms with Crippen LogP contribution >= 0.6 is 23.2 Å². The lowest BCUT2D eigenvalue weighted by atomic mass is 10.1. The molecule has 0 aliphatic carbocycles. The number of carbonyl (C=O) groups excluding carboxylic acids is 2. The third kappa shape index (κ3) is 3.61. The van der Waals surface area contributed by atoms with Crippen LogP contribution in [0.3, 0.4) is 0 Å². The van der Waals surface area contributed by atoms with Gasteiger partial charge in [-0.2, -0.15) is 0 Å². The van der Waals surface area contributed by atoms with E-state index < -0.39 is 28.9 Å². The molecular weight excluding hydrogens is 358 g/mol. The summed E-state index contributed by atoms with van der Waals surface area (Å²) in [5.41, 5.74) is 0.712. The third-order valence-corrected chi connectivity index (χ3v) is 3.71. The zero-order chi connectivity index (χ0) is 17.5. The molecule has 2 amide bonds. The summed E-state index contributed by atoms with van der Waals surface area (Å²) in [6.07, 6.45) is -5.12. The van der Waals surface area contributed by atoms with Gasteiger partial charge in [0.15, 0.2) is 0 Å². The zero-order valence-electron chi connectivity index (χ0n) is 11.9. The number of alkyl halides is 3. The van der Waals surface area contributed by atoms with Crippen molar-refractivity contribution in [1.29, 1.82) is 0 Å². The Morgan fingerprint density at radius 3 is 2.26 bits per heavy atom. The molecule has 1 aliphatic heterocycles. The minimum atomic E-state index is -4.97. The lowest BCUT2D eigenvalue weighted by molar-refractivity contribution is -0.274. The first kappa shape index (κ1) is 17.6. The molecule has 2 rings (SSSR count). The first-order valence-electron chi connectivity index (χ1n) is 6.29. The molecule has 1 aromatic carbocycles. The van der Waals surface area contributed by atoms with Crippen molar-refractivity contribution in [3.63, 3.8) is 0 Å². The Bertz CT molecular complexity index is 725. The smallest absolute Gasteiger partial charge is 0.404 e. The largest absolute Gasteiger partial charge is 0.573 e. The van der Waals surface area contributed by atoms with Gasteiger partial charge in [-0.05, 0) is 19.9 Å². The van der Waals surface area contributed by atoms with Crippen molar-refractivity contribution >= 4 is 40.7 Å². The van der Waals surface area contributed by atoms with E-state index in [1.54, 1.807) is 13.8 Å². The number of allylic oxidation sites excluding steroid dienone is 1. The highest BCUT2D eigenvalue weighted by atomic mass is 35.5. The van der Waals surface area contributed by atoms with Gasteiger partial charge < -0.3 is 4.74 Å². The molecule has 1 heterocycles. The summed E-state index contributed by atoms with van der Waals surface area (Å²) in [5.74, 6) is -1.96. The number of carbonyl (C=O) groups is 2. The lowest BCUT2D eigenvalue weighted by Crippen LogP contribution is -2.29. The number of hydrogen-bond acceptors (Lipinski definition) is 3. The molecule has 124 valence electrons. The second-order valence-corrected chi connectivity index (χ2v) is 5.79. The third-order valence-electron chi connectivity index (χ3n) is 3.11. The first-order valence-corrected chi connectivity index (χ1v) is 7.05. The SMILES string of the molecule is CC(C)=C1CC(=O)N(c2cc(OC(F)(F)F)c(Cl)cc2Cl)C1=O. The van der Waals surface area contributed by atoms with Crippen LogP contribution in [0.5, 0.6) is 5.75 Å². The van der Waals surface area contributed by atoms with Crippen LogP contribution in [0.15, 0.2) is 23.3 Å². The standard InChI is InChI=1S/C14H10Cl2F3NO3/c1-6(2)7-3-12(21)20(13(7)22)10-5-11(23-14(17,18)19)9(16)4-8(10)15/h4-5H,3H2,1-2H3. The van der Waals surface area contributed by atoms with Gasteiger partial charge in [-0.15, -0.1) is 13.2 Å². The Kier molecular flexibility index (Phi) is 4.64. The van der Waals surface area contributed by atoms with Crippen molar-refractivity contribution in [3.05, 3.63) is 33.3 Å². The fraction of sp³-hybridized carbons (Fsp3) is 0.286. The van der Waals surface area contributed by atoms with Crippen LogP contribution in [0.2, 0.25) is 10.0 Å². The van der Waals surface area contributed by atoms with Crippen molar-refractivity contribution in [3.8, 4) is 5.75 Å². The molecular formula is C14H10Cl2F3NO3. The number of imide groups is 1. The van der Waals surface area contributed by atoms with Crippen LogP contribution in [0.25, 0.3) is 0 Å². The highest BCUT2D eigenvalue weighted by Gasteiger charge is 2.38. The van der Waals surface area contributed by atoms with Crippen molar-refractivity contribution in [2.45, 2.75) is 26.6 Å². The van der Waals surface area contributed by atoms with Crippen LogP contribution in [-0.4, -0.2) is 18.2 Å². The van der Waals surface area contributed by atoms with Gasteiger partial charge in [-0.1, -0.05) is 28.8 Å². The number of hydrogen-bond donors (Lipinski definition) is 0. The monoisotopic (exact) mass is 367 g/mol. The number of nitrogens with zero attached hydrogens (tertiary/aromatic N) is 1. The van der Waals surface area contributed by atoms with E-state index in [0.717, 1.165) is 17.0 Å². The fourth-order valence-electron chi connectivity index (χ4n) is 2.08. The maximum absolute atomic E-state index is 12.4. The van der Waals surface area contributed by atoms with Gasteiger partial charge in [0.2, 0.25) is 5.91 Å². The fourth-order valence-corrected chi connectivity index (χ4v) is 2.59.